The van der Waals surface area contributed by atoms with Gasteiger partial charge >= 0.3 is 0 Å². The van der Waals surface area contributed by atoms with Gasteiger partial charge in [0.1, 0.15) is 0 Å². The molecule has 1 aliphatic rings. The highest BCUT2D eigenvalue weighted by Crippen LogP contribution is 2.26. The van der Waals surface area contributed by atoms with E-state index in [1.54, 1.807) is 11.8 Å². The van der Waals surface area contributed by atoms with E-state index in [0.29, 0.717) is 12.0 Å². The maximum atomic E-state index is 9.48. The molecule has 1 fully saturated rings. The van der Waals surface area contributed by atoms with Crippen LogP contribution in [0.15, 0.2) is 0 Å². The highest BCUT2D eigenvalue weighted by atomic mass is 16.5. The van der Waals surface area contributed by atoms with Crippen molar-refractivity contribution in [3.63, 3.8) is 0 Å². The zero-order valence-corrected chi connectivity index (χ0v) is 12.9. The summed E-state index contributed by atoms with van der Waals surface area (Å²) in [5.74, 6) is 1.22. The summed E-state index contributed by atoms with van der Waals surface area (Å²) in [5.41, 5.74) is 2.24. The number of nitrogens with one attached hydrogen (secondary N) is 1. The second-order valence-corrected chi connectivity index (χ2v) is 5.63. The Hall–Kier alpha value is -1.07. The fraction of sp³-hybridized carbons (Fsp3) is 0.800. The number of aliphatic hydroxyl groups is 1. The monoisotopic (exact) mass is 281 g/mol. The van der Waals surface area contributed by atoms with Crippen LogP contribution in [0.2, 0.25) is 0 Å². The van der Waals surface area contributed by atoms with Gasteiger partial charge in [0.2, 0.25) is 5.88 Å². The maximum absolute atomic E-state index is 9.48. The van der Waals surface area contributed by atoms with Crippen molar-refractivity contribution in [1.82, 2.24) is 15.1 Å². The van der Waals surface area contributed by atoms with Crippen LogP contribution < -0.4 is 10.1 Å². The van der Waals surface area contributed by atoms with Crippen LogP contribution in [-0.4, -0.2) is 34.6 Å². The fourth-order valence-electron chi connectivity index (χ4n) is 3.25. The van der Waals surface area contributed by atoms with Gasteiger partial charge in [-0.2, -0.15) is 5.10 Å². The zero-order chi connectivity index (χ0) is 14.5. The molecule has 5 heteroatoms. The average Bonchev–Trinajstić information content (AvgIpc) is 2.80. The number of aliphatic hydroxyl groups excluding tert-OH is 1. The minimum Gasteiger partial charge on any atom is -0.481 e. The van der Waals surface area contributed by atoms with Crippen LogP contribution in [0.3, 0.4) is 0 Å². The summed E-state index contributed by atoms with van der Waals surface area (Å²) in [6.45, 7) is 3.16. The summed E-state index contributed by atoms with van der Waals surface area (Å²) in [6, 6.07) is 0.406. The fourth-order valence-corrected chi connectivity index (χ4v) is 3.25. The van der Waals surface area contributed by atoms with Crippen LogP contribution >= 0.6 is 0 Å². The van der Waals surface area contributed by atoms with E-state index in [-0.39, 0.29) is 6.61 Å². The third-order valence-corrected chi connectivity index (χ3v) is 4.38. The van der Waals surface area contributed by atoms with Gasteiger partial charge in [0.05, 0.1) is 18.4 Å². The van der Waals surface area contributed by atoms with E-state index in [2.05, 4.69) is 17.3 Å². The largest absolute Gasteiger partial charge is 0.481 e. The van der Waals surface area contributed by atoms with E-state index in [1.165, 1.54) is 12.8 Å². The standard InChI is InChI=1S/C15H27N3O2/c1-4-13-12(15(20-3)18(2)17-13)9-16-14-8-6-5-7-11(14)10-19/h11,14,16,19H,4-10H2,1-3H3. The third kappa shape index (κ3) is 3.15. The van der Waals surface area contributed by atoms with E-state index < -0.39 is 0 Å². The van der Waals surface area contributed by atoms with E-state index in [9.17, 15) is 5.11 Å². The molecule has 0 aliphatic heterocycles. The predicted octanol–water partition coefficient (Wildman–Crippen LogP) is 1.63. The van der Waals surface area contributed by atoms with Crippen LogP contribution in [0.5, 0.6) is 5.88 Å². The van der Waals surface area contributed by atoms with Crippen molar-refractivity contribution < 1.29 is 9.84 Å². The Kier molecular flexibility index (Phi) is 5.43. The predicted molar refractivity (Wildman–Crippen MR) is 78.8 cm³/mol. The lowest BCUT2D eigenvalue weighted by molar-refractivity contribution is 0.152. The molecule has 0 radical (unpaired) electrons. The number of nitrogens with zero attached hydrogens (tertiary/aromatic N) is 2. The summed E-state index contributed by atoms with van der Waals surface area (Å²) in [5, 5.41) is 17.6. The van der Waals surface area contributed by atoms with Crippen LogP contribution in [-0.2, 0) is 20.0 Å². The molecule has 0 saturated heterocycles. The second-order valence-electron chi connectivity index (χ2n) is 5.63. The van der Waals surface area contributed by atoms with Gasteiger partial charge < -0.3 is 15.2 Å². The lowest BCUT2D eigenvalue weighted by Crippen LogP contribution is -2.39. The molecule has 1 saturated carbocycles. The first-order chi connectivity index (χ1) is 9.71. The molecule has 0 spiro atoms. The Morgan fingerprint density at radius 3 is 2.80 bits per heavy atom. The first-order valence-electron chi connectivity index (χ1n) is 7.64. The van der Waals surface area contributed by atoms with Gasteiger partial charge in [-0.3, -0.25) is 0 Å². The molecule has 0 amide bonds. The highest BCUT2D eigenvalue weighted by Gasteiger charge is 2.25. The molecule has 1 aromatic heterocycles. The Morgan fingerprint density at radius 1 is 1.40 bits per heavy atom. The summed E-state index contributed by atoms with van der Waals surface area (Å²) >= 11 is 0. The van der Waals surface area contributed by atoms with E-state index in [1.807, 2.05) is 7.05 Å². The van der Waals surface area contributed by atoms with Gasteiger partial charge in [0.25, 0.3) is 0 Å². The van der Waals surface area contributed by atoms with Crippen molar-refractivity contribution >= 4 is 0 Å². The SMILES string of the molecule is CCc1nn(C)c(OC)c1CNC1CCCCC1CO. The Morgan fingerprint density at radius 2 is 2.15 bits per heavy atom. The Bertz CT molecular complexity index is 431. The summed E-state index contributed by atoms with van der Waals surface area (Å²) in [4.78, 5) is 0. The maximum Gasteiger partial charge on any atom is 0.216 e. The lowest BCUT2D eigenvalue weighted by atomic mass is 9.85. The first kappa shape index (κ1) is 15.3. The molecule has 1 aliphatic carbocycles. The van der Waals surface area contributed by atoms with Crippen molar-refractivity contribution in [2.24, 2.45) is 13.0 Å². The summed E-state index contributed by atoms with van der Waals surface area (Å²) in [7, 11) is 3.61. The quantitative estimate of drug-likeness (QED) is 0.832. The molecule has 2 atom stereocenters. The second kappa shape index (κ2) is 7.09. The molecular weight excluding hydrogens is 254 g/mol. The van der Waals surface area contributed by atoms with Gasteiger partial charge in [-0.1, -0.05) is 19.8 Å². The van der Waals surface area contributed by atoms with Crippen LogP contribution in [0.1, 0.15) is 43.9 Å². The molecule has 20 heavy (non-hydrogen) atoms. The van der Waals surface area contributed by atoms with Gasteiger partial charge in [-0.25, -0.2) is 4.68 Å². The van der Waals surface area contributed by atoms with Gasteiger partial charge in [0, 0.05) is 26.2 Å². The zero-order valence-electron chi connectivity index (χ0n) is 12.9. The van der Waals surface area contributed by atoms with Gasteiger partial charge in [0.15, 0.2) is 0 Å². The van der Waals surface area contributed by atoms with Crippen molar-refractivity contribution in [1.29, 1.82) is 0 Å². The minimum atomic E-state index is 0.280. The molecule has 114 valence electrons. The van der Waals surface area contributed by atoms with E-state index >= 15 is 0 Å². The molecule has 1 aromatic rings. The van der Waals surface area contributed by atoms with Crippen molar-refractivity contribution in [2.45, 2.75) is 51.6 Å². The number of aryl methyl sites for hydroxylation is 2. The number of hydrogen-bond acceptors (Lipinski definition) is 4. The smallest absolute Gasteiger partial charge is 0.216 e. The topological polar surface area (TPSA) is 59.3 Å². The molecule has 0 bridgehead atoms. The van der Waals surface area contributed by atoms with Crippen LogP contribution in [0.4, 0.5) is 0 Å². The van der Waals surface area contributed by atoms with Crippen molar-refractivity contribution in [3.8, 4) is 5.88 Å². The number of rotatable bonds is 6. The molecule has 5 nitrogen and oxygen atoms in total. The average molecular weight is 281 g/mol. The lowest BCUT2D eigenvalue weighted by Gasteiger charge is -2.31. The normalized spacial score (nSPS) is 23.0. The molecule has 2 unspecified atom stereocenters. The van der Waals surface area contributed by atoms with Crippen molar-refractivity contribution in [2.75, 3.05) is 13.7 Å². The Balaban J connectivity index is 2.06. The summed E-state index contributed by atoms with van der Waals surface area (Å²) in [6.07, 6.45) is 5.66. The van der Waals surface area contributed by atoms with E-state index in [4.69, 9.17) is 4.74 Å². The Labute approximate surface area is 121 Å². The molecular formula is C15H27N3O2. The number of methoxy groups -OCH3 is 1. The van der Waals surface area contributed by atoms with Crippen molar-refractivity contribution in [3.05, 3.63) is 11.3 Å². The van der Waals surface area contributed by atoms with Crippen LogP contribution in [0.25, 0.3) is 0 Å². The van der Waals surface area contributed by atoms with Crippen LogP contribution in [0, 0.1) is 5.92 Å². The number of ether oxygens (including phenoxy) is 1. The van der Waals surface area contributed by atoms with Gasteiger partial charge in [-0.05, 0) is 25.2 Å². The molecule has 2 N–H and O–H groups in total. The number of hydrogen-bond donors (Lipinski definition) is 2. The minimum absolute atomic E-state index is 0.280. The molecule has 1 heterocycles. The highest BCUT2D eigenvalue weighted by molar-refractivity contribution is 5.31. The number of aromatic nitrogens is 2. The first-order valence-corrected chi connectivity index (χ1v) is 7.64. The molecule has 0 aromatic carbocycles. The third-order valence-electron chi connectivity index (χ3n) is 4.38. The summed E-state index contributed by atoms with van der Waals surface area (Å²) < 4.78 is 7.27. The van der Waals surface area contributed by atoms with E-state index in [0.717, 1.165) is 42.9 Å². The molecule has 2 rings (SSSR count). The van der Waals surface area contributed by atoms with Gasteiger partial charge in [-0.15, -0.1) is 0 Å².